The molecule has 0 heterocycles. The minimum Gasteiger partial charge on any atom is -0.495 e. The summed E-state index contributed by atoms with van der Waals surface area (Å²) in [4.78, 5) is 26.5. The molecule has 0 aliphatic carbocycles. The fourth-order valence-electron chi connectivity index (χ4n) is 2.66. The monoisotopic (exact) mass is 374 g/mol. The second kappa shape index (κ2) is 8.72. The zero-order chi connectivity index (χ0) is 19.3. The minimum atomic E-state index is -0.402. The van der Waals surface area contributed by atoms with E-state index >= 15 is 0 Å². The number of benzene rings is 2. The fraction of sp³-hybridized carbons (Fsp3) is 0.300. The Bertz CT molecular complexity index is 821. The van der Waals surface area contributed by atoms with E-state index < -0.39 is 5.91 Å². The Hall–Kier alpha value is -2.53. The van der Waals surface area contributed by atoms with Crippen LogP contribution in [0, 0.1) is 13.8 Å². The number of anilines is 2. The van der Waals surface area contributed by atoms with E-state index in [0.29, 0.717) is 23.0 Å². The average Bonchev–Trinajstić information content (AvgIpc) is 2.58. The van der Waals surface area contributed by atoms with Crippen molar-refractivity contribution in [2.75, 3.05) is 23.9 Å². The van der Waals surface area contributed by atoms with Crippen LogP contribution in [0.25, 0.3) is 0 Å². The molecule has 0 atom stereocenters. The van der Waals surface area contributed by atoms with Crippen LogP contribution >= 0.6 is 11.6 Å². The maximum Gasteiger partial charge on any atom is 0.236 e. The number of ether oxygens (including phenoxy) is 1. The smallest absolute Gasteiger partial charge is 0.236 e. The third-order valence-electron chi connectivity index (χ3n) is 4.00. The van der Waals surface area contributed by atoms with Crippen LogP contribution in [0.3, 0.4) is 0 Å². The van der Waals surface area contributed by atoms with E-state index in [4.69, 9.17) is 16.3 Å². The Morgan fingerprint density at radius 1 is 1.19 bits per heavy atom. The molecule has 2 amide bonds. The maximum atomic E-state index is 12.6. The van der Waals surface area contributed by atoms with Gasteiger partial charge in [0.05, 0.1) is 12.8 Å². The van der Waals surface area contributed by atoms with E-state index in [0.717, 1.165) is 16.8 Å². The molecule has 0 aromatic heterocycles. The molecule has 26 heavy (non-hydrogen) atoms. The Morgan fingerprint density at radius 2 is 1.92 bits per heavy atom. The first-order valence-corrected chi connectivity index (χ1v) is 8.74. The van der Waals surface area contributed by atoms with Crippen molar-refractivity contribution in [3.05, 3.63) is 52.5 Å². The van der Waals surface area contributed by atoms with Crippen LogP contribution in [-0.2, 0) is 9.59 Å². The van der Waals surface area contributed by atoms with Gasteiger partial charge in [-0.15, -0.1) is 0 Å². The topological polar surface area (TPSA) is 58.6 Å². The molecule has 0 saturated heterocycles. The molecule has 0 fully saturated rings. The zero-order valence-corrected chi connectivity index (χ0v) is 16.2. The third-order valence-corrected chi connectivity index (χ3v) is 4.40. The minimum absolute atomic E-state index is 0.257. The summed E-state index contributed by atoms with van der Waals surface area (Å²) >= 11 is 6.07. The SMILES string of the molecule is CCN(C(=O)CC(=O)Nc1cc(C)c(Cl)cc1OC)c1cccc(C)c1. The normalized spacial score (nSPS) is 10.3. The van der Waals surface area contributed by atoms with Gasteiger partial charge in [-0.3, -0.25) is 9.59 Å². The first-order valence-electron chi connectivity index (χ1n) is 8.36. The van der Waals surface area contributed by atoms with Gasteiger partial charge in [0, 0.05) is 23.3 Å². The summed E-state index contributed by atoms with van der Waals surface area (Å²) in [6.07, 6.45) is -0.257. The molecule has 2 rings (SSSR count). The van der Waals surface area contributed by atoms with E-state index in [9.17, 15) is 9.59 Å². The largest absolute Gasteiger partial charge is 0.495 e. The number of nitrogens with one attached hydrogen (secondary N) is 1. The summed E-state index contributed by atoms with van der Waals surface area (Å²) in [5.74, 6) is -0.214. The summed E-state index contributed by atoms with van der Waals surface area (Å²) < 4.78 is 5.24. The molecular weight excluding hydrogens is 352 g/mol. The van der Waals surface area contributed by atoms with Gasteiger partial charge >= 0.3 is 0 Å². The lowest BCUT2D eigenvalue weighted by atomic mass is 10.2. The third kappa shape index (κ3) is 4.76. The molecule has 2 aromatic rings. The standard InChI is InChI=1S/C20H23ClN2O3/c1-5-23(15-8-6-7-13(2)9-15)20(25)12-19(24)22-17-10-14(3)16(21)11-18(17)26-4/h6-11H,5,12H2,1-4H3,(H,22,24). The van der Waals surface area contributed by atoms with Gasteiger partial charge in [-0.1, -0.05) is 23.7 Å². The molecule has 5 nitrogen and oxygen atoms in total. The van der Waals surface area contributed by atoms with Crippen molar-refractivity contribution < 1.29 is 14.3 Å². The number of halogens is 1. The van der Waals surface area contributed by atoms with Gasteiger partial charge in [0.2, 0.25) is 11.8 Å². The summed E-state index contributed by atoms with van der Waals surface area (Å²) in [5.41, 5.74) is 3.14. The van der Waals surface area contributed by atoms with Crippen LogP contribution in [-0.4, -0.2) is 25.5 Å². The summed E-state index contributed by atoms with van der Waals surface area (Å²) in [7, 11) is 1.50. The number of rotatable bonds is 6. The summed E-state index contributed by atoms with van der Waals surface area (Å²) in [6.45, 7) is 6.16. The number of carbonyl (C=O) groups excluding carboxylic acids is 2. The fourth-order valence-corrected chi connectivity index (χ4v) is 2.81. The van der Waals surface area contributed by atoms with E-state index in [-0.39, 0.29) is 12.3 Å². The lowest BCUT2D eigenvalue weighted by Gasteiger charge is -2.21. The van der Waals surface area contributed by atoms with Crippen molar-refractivity contribution in [1.29, 1.82) is 0 Å². The number of methoxy groups -OCH3 is 1. The summed E-state index contributed by atoms with van der Waals surface area (Å²) in [5, 5.41) is 3.28. The first kappa shape index (κ1) is 19.8. The number of aryl methyl sites for hydroxylation is 2. The van der Waals surface area contributed by atoms with E-state index in [1.807, 2.05) is 45.0 Å². The lowest BCUT2D eigenvalue weighted by molar-refractivity contribution is -0.125. The van der Waals surface area contributed by atoms with Crippen molar-refractivity contribution >= 4 is 34.8 Å². The van der Waals surface area contributed by atoms with E-state index in [2.05, 4.69) is 5.32 Å². The highest BCUT2D eigenvalue weighted by Crippen LogP contribution is 2.31. The van der Waals surface area contributed by atoms with Gasteiger partial charge in [-0.2, -0.15) is 0 Å². The Kier molecular flexibility index (Phi) is 6.64. The Labute approximate surface area is 158 Å². The molecule has 0 unspecified atom stereocenters. The lowest BCUT2D eigenvalue weighted by Crippen LogP contribution is -2.33. The van der Waals surface area contributed by atoms with Crippen LogP contribution in [0.2, 0.25) is 5.02 Å². The highest BCUT2D eigenvalue weighted by Gasteiger charge is 2.19. The second-order valence-electron chi connectivity index (χ2n) is 6.00. The number of nitrogens with zero attached hydrogens (tertiary/aromatic N) is 1. The molecule has 0 aliphatic rings. The summed E-state index contributed by atoms with van der Waals surface area (Å²) in [6, 6.07) is 11.0. The molecule has 0 spiro atoms. The molecule has 0 radical (unpaired) electrons. The molecule has 6 heteroatoms. The van der Waals surface area contributed by atoms with Crippen molar-refractivity contribution in [3.8, 4) is 5.75 Å². The molecule has 0 bridgehead atoms. The van der Waals surface area contributed by atoms with Crippen molar-refractivity contribution in [2.45, 2.75) is 27.2 Å². The number of hydrogen-bond donors (Lipinski definition) is 1. The van der Waals surface area contributed by atoms with Crippen molar-refractivity contribution in [3.63, 3.8) is 0 Å². The van der Waals surface area contributed by atoms with Gasteiger partial charge in [-0.05, 0) is 50.1 Å². The van der Waals surface area contributed by atoms with Crippen molar-refractivity contribution in [2.24, 2.45) is 0 Å². The van der Waals surface area contributed by atoms with Gasteiger partial charge in [0.15, 0.2) is 0 Å². The van der Waals surface area contributed by atoms with Crippen LogP contribution < -0.4 is 15.0 Å². The Balaban J connectivity index is 2.11. The molecule has 1 N–H and O–H groups in total. The predicted molar refractivity (Wildman–Crippen MR) is 105 cm³/mol. The number of hydrogen-bond acceptors (Lipinski definition) is 3. The number of carbonyl (C=O) groups is 2. The maximum absolute atomic E-state index is 12.6. The molecule has 2 aromatic carbocycles. The van der Waals surface area contributed by atoms with Gasteiger partial charge in [0.1, 0.15) is 12.2 Å². The van der Waals surface area contributed by atoms with Gasteiger partial charge in [0.25, 0.3) is 0 Å². The number of amides is 2. The van der Waals surface area contributed by atoms with Crippen LogP contribution in [0.5, 0.6) is 5.75 Å². The second-order valence-corrected chi connectivity index (χ2v) is 6.41. The molecular formula is C20H23ClN2O3. The molecule has 138 valence electrons. The van der Waals surface area contributed by atoms with Crippen LogP contribution in [0.4, 0.5) is 11.4 Å². The molecule has 0 saturated carbocycles. The quantitative estimate of drug-likeness (QED) is 0.765. The average molecular weight is 375 g/mol. The highest BCUT2D eigenvalue weighted by atomic mass is 35.5. The Morgan fingerprint density at radius 3 is 2.54 bits per heavy atom. The van der Waals surface area contributed by atoms with Crippen molar-refractivity contribution in [1.82, 2.24) is 0 Å². The van der Waals surface area contributed by atoms with Crippen LogP contribution in [0.15, 0.2) is 36.4 Å². The first-order chi connectivity index (χ1) is 12.3. The highest BCUT2D eigenvalue weighted by molar-refractivity contribution is 6.31. The zero-order valence-electron chi connectivity index (χ0n) is 15.4. The van der Waals surface area contributed by atoms with Gasteiger partial charge < -0.3 is 15.0 Å². The van der Waals surface area contributed by atoms with Crippen LogP contribution in [0.1, 0.15) is 24.5 Å². The predicted octanol–water partition coefficient (Wildman–Crippen LogP) is 4.35. The van der Waals surface area contributed by atoms with Gasteiger partial charge in [-0.25, -0.2) is 0 Å². The van der Waals surface area contributed by atoms with E-state index in [1.165, 1.54) is 7.11 Å². The van der Waals surface area contributed by atoms with E-state index in [1.54, 1.807) is 17.0 Å². The molecule has 0 aliphatic heterocycles.